The average Bonchev–Trinajstić information content (AvgIpc) is 2.88. The zero-order valence-electron chi connectivity index (χ0n) is 19.3. The number of quaternary nitrogens is 1. The van der Waals surface area contributed by atoms with Crippen LogP contribution in [0.4, 0.5) is 0 Å². The molecule has 0 aromatic heterocycles. The first kappa shape index (κ1) is 24.0. The van der Waals surface area contributed by atoms with Crippen LogP contribution < -0.4 is 25.0 Å². The lowest BCUT2D eigenvalue weighted by molar-refractivity contribution is -0.881. The van der Waals surface area contributed by atoms with Crippen molar-refractivity contribution in [3.05, 3.63) is 23.8 Å². The van der Waals surface area contributed by atoms with Crippen molar-refractivity contribution in [2.24, 2.45) is 5.92 Å². The van der Waals surface area contributed by atoms with Gasteiger partial charge in [-0.2, -0.15) is 0 Å². The zero-order valence-corrected chi connectivity index (χ0v) is 19.3. The molecule has 2 rings (SSSR count). The fourth-order valence-electron chi connectivity index (χ4n) is 3.46. The first-order chi connectivity index (χ1) is 14.1. The number of fused-ring (bicyclic) bond motifs is 1. The maximum atomic E-state index is 12.8. The summed E-state index contributed by atoms with van der Waals surface area (Å²) in [5.74, 6) is 1.56. The number of likely N-dealkylation sites (N-methyl/N-ethyl adjacent to an activating group) is 1. The van der Waals surface area contributed by atoms with Crippen LogP contribution in [-0.4, -0.2) is 50.2 Å². The summed E-state index contributed by atoms with van der Waals surface area (Å²) in [6.07, 6.45) is 0.854. The van der Waals surface area contributed by atoms with Crippen LogP contribution in [0.25, 0.3) is 0 Å². The highest BCUT2D eigenvalue weighted by molar-refractivity contribution is 5.79. The van der Waals surface area contributed by atoms with E-state index in [0.717, 1.165) is 28.4 Å². The van der Waals surface area contributed by atoms with Gasteiger partial charge in [-0.25, -0.2) is 0 Å². The van der Waals surface area contributed by atoms with Crippen molar-refractivity contribution < 1.29 is 24.0 Å². The molecule has 7 nitrogen and oxygen atoms in total. The van der Waals surface area contributed by atoms with Crippen molar-refractivity contribution in [1.82, 2.24) is 10.6 Å². The molecule has 0 radical (unpaired) electrons. The van der Waals surface area contributed by atoms with Gasteiger partial charge in [-0.3, -0.25) is 9.59 Å². The van der Waals surface area contributed by atoms with Crippen molar-refractivity contribution in [2.75, 3.05) is 32.8 Å². The standard InChI is InChI=1S/C23H37N3O4/c1-7-26(15-21(28)25-23(4,5)6)14-20(27)24-22(16(2)3)17-9-10-18-19(13-17)30-12-8-11-29-18/h9-10,13,16,22H,7-8,11-12,14-15H2,1-6H3,(H,24,27)(H,25,28)/p+1/t22-/m1/s1. The van der Waals surface area contributed by atoms with Gasteiger partial charge in [-0.15, -0.1) is 0 Å². The molecular weight excluding hydrogens is 382 g/mol. The fourth-order valence-corrected chi connectivity index (χ4v) is 3.46. The summed E-state index contributed by atoms with van der Waals surface area (Å²) in [4.78, 5) is 26.0. The van der Waals surface area contributed by atoms with E-state index in [2.05, 4.69) is 24.5 Å². The lowest BCUT2D eigenvalue weighted by Gasteiger charge is -2.26. The molecule has 0 saturated heterocycles. The van der Waals surface area contributed by atoms with Crippen molar-refractivity contribution in [2.45, 2.75) is 59.5 Å². The molecule has 0 spiro atoms. The minimum absolute atomic E-state index is 0.0459. The summed E-state index contributed by atoms with van der Waals surface area (Å²) in [7, 11) is 0. The fraction of sp³-hybridized carbons (Fsp3) is 0.652. The van der Waals surface area contributed by atoms with Crippen molar-refractivity contribution in [3.63, 3.8) is 0 Å². The third-order valence-corrected chi connectivity index (χ3v) is 4.95. The van der Waals surface area contributed by atoms with Gasteiger partial charge in [0.05, 0.1) is 25.8 Å². The average molecular weight is 421 g/mol. The van der Waals surface area contributed by atoms with E-state index in [0.29, 0.717) is 19.8 Å². The van der Waals surface area contributed by atoms with Crippen molar-refractivity contribution in [1.29, 1.82) is 0 Å². The molecule has 1 aromatic carbocycles. The van der Waals surface area contributed by atoms with E-state index in [9.17, 15) is 9.59 Å². The van der Waals surface area contributed by atoms with Crippen LogP contribution >= 0.6 is 0 Å². The summed E-state index contributed by atoms with van der Waals surface area (Å²) in [6, 6.07) is 5.72. The minimum Gasteiger partial charge on any atom is -0.490 e. The normalized spacial score (nSPS) is 15.8. The van der Waals surface area contributed by atoms with Gasteiger partial charge in [-0.05, 0) is 51.3 Å². The van der Waals surface area contributed by atoms with E-state index >= 15 is 0 Å². The second-order valence-corrected chi connectivity index (χ2v) is 9.30. The third-order valence-electron chi connectivity index (χ3n) is 4.95. The van der Waals surface area contributed by atoms with Crippen LogP contribution in [0.3, 0.4) is 0 Å². The second kappa shape index (κ2) is 10.7. The Balaban J connectivity index is 2.03. The maximum absolute atomic E-state index is 12.8. The molecule has 0 saturated carbocycles. The summed E-state index contributed by atoms with van der Waals surface area (Å²) < 4.78 is 11.5. The monoisotopic (exact) mass is 420 g/mol. The quantitative estimate of drug-likeness (QED) is 0.595. The topological polar surface area (TPSA) is 81.1 Å². The largest absolute Gasteiger partial charge is 0.490 e. The van der Waals surface area contributed by atoms with Crippen LogP contribution in [0.15, 0.2) is 18.2 Å². The molecule has 168 valence electrons. The molecule has 1 aliphatic heterocycles. The van der Waals surface area contributed by atoms with Gasteiger partial charge >= 0.3 is 0 Å². The van der Waals surface area contributed by atoms with Gasteiger partial charge in [0, 0.05) is 12.0 Å². The Hall–Kier alpha value is -2.28. The van der Waals surface area contributed by atoms with E-state index < -0.39 is 0 Å². The summed E-state index contributed by atoms with van der Waals surface area (Å²) in [5.41, 5.74) is 0.712. The highest BCUT2D eigenvalue weighted by atomic mass is 16.5. The lowest BCUT2D eigenvalue weighted by Crippen LogP contribution is -3.14. The van der Waals surface area contributed by atoms with E-state index in [1.165, 1.54) is 0 Å². The number of hydrogen-bond donors (Lipinski definition) is 3. The zero-order chi connectivity index (χ0) is 22.3. The number of ether oxygens (including phenoxy) is 2. The molecule has 0 bridgehead atoms. The Kier molecular flexibility index (Phi) is 8.53. The molecule has 7 heteroatoms. The van der Waals surface area contributed by atoms with E-state index in [4.69, 9.17) is 9.47 Å². The van der Waals surface area contributed by atoms with E-state index in [1.54, 1.807) is 0 Å². The predicted octanol–water partition coefficient (Wildman–Crippen LogP) is 1.48. The number of carbonyl (C=O) groups is 2. The predicted molar refractivity (Wildman–Crippen MR) is 117 cm³/mol. The molecule has 1 heterocycles. The number of carbonyl (C=O) groups excluding carboxylic acids is 2. The number of rotatable bonds is 8. The minimum atomic E-state index is -0.280. The first-order valence-corrected chi connectivity index (χ1v) is 10.9. The molecule has 1 unspecified atom stereocenters. The van der Waals surface area contributed by atoms with Crippen LogP contribution in [-0.2, 0) is 9.59 Å². The number of benzene rings is 1. The van der Waals surface area contributed by atoms with Gasteiger partial charge in [0.25, 0.3) is 11.8 Å². The Morgan fingerprint density at radius 1 is 1.07 bits per heavy atom. The number of amides is 2. The Morgan fingerprint density at radius 2 is 1.70 bits per heavy atom. The second-order valence-electron chi connectivity index (χ2n) is 9.30. The van der Waals surface area contributed by atoms with Crippen LogP contribution in [0.1, 0.15) is 59.6 Å². The number of hydrogen-bond acceptors (Lipinski definition) is 4. The molecule has 0 aliphatic carbocycles. The van der Waals surface area contributed by atoms with Crippen molar-refractivity contribution in [3.8, 4) is 11.5 Å². The van der Waals surface area contributed by atoms with Gasteiger partial charge < -0.3 is 25.0 Å². The Labute approximate surface area is 180 Å². The molecule has 2 atom stereocenters. The van der Waals surface area contributed by atoms with Gasteiger partial charge in [0.2, 0.25) is 0 Å². The van der Waals surface area contributed by atoms with Crippen molar-refractivity contribution >= 4 is 11.8 Å². The highest BCUT2D eigenvalue weighted by Crippen LogP contribution is 2.34. The van der Waals surface area contributed by atoms with Crippen LogP contribution in [0, 0.1) is 5.92 Å². The molecule has 3 N–H and O–H groups in total. The lowest BCUT2D eigenvalue weighted by atomic mass is 9.95. The third kappa shape index (κ3) is 7.52. The maximum Gasteiger partial charge on any atom is 0.275 e. The summed E-state index contributed by atoms with van der Waals surface area (Å²) >= 11 is 0. The molecule has 1 aliphatic rings. The van der Waals surface area contributed by atoms with Crippen LogP contribution in [0.5, 0.6) is 11.5 Å². The molecule has 1 aromatic rings. The smallest absolute Gasteiger partial charge is 0.275 e. The van der Waals surface area contributed by atoms with E-state index in [1.807, 2.05) is 45.9 Å². The number of nitrogens with one attached hydrogen (secondary N) is 3. The van der Waals surface area contributed by atoms with Crippen LogP contribution in [0.2, 0.25) is 0 Å². The van der Waals surface area contributed by atoms with E-state index in [-0.39, 0.29) is 42.4 Å². The van der Waals surface area contributed by atoms with Gasteiger partial charge in [-0.1, -0.05) is 19.9 Å². The van der Waals surface area contributed by atoms with Gasteiger partial charge in [0.15, 0.2) is 24.6 Å². The molecular formula is C23H38N3O4+. The SMILES string of the molecule is CC[NH+](CC(=O)N[C@@H](c1ccc2c(c1)OCCCO2)C(C)C)CC(=O)NC(C)(C)C. The summed E-state index contributed by atoms with van der Waals surface area (Å²) in [5, 5.41) is 6.11. The molecule has 2 amide bonds. The molecule has 30 heavy (non-hydrogen) atoms. The molecule has 0 fully saturated rings. The Bertz CT molecular complexity index is 728. The highest BCUT2D eigenvalue weighted by Gasteiger charge is 2.24. The summed E-state index contributed by atoms with van der Waals surface area (Å²) in [6.45, 7) is 14.5. The van der Waals surface area contributed by atoms with Gasteiger partial charge in [0.1, 0.15) is 0 Å². The first-order valence-electron chi connectivity index (χ1n) is 10.9. The Morgan fingerprint density at radius 3 is 2.30 bits per heavy atom.